The zero-order chi connectivity index (χ0) is 14.8. The number of urea groups is 1. The molecule has 20 heavy (non-hydrogen) atoms. The van der Waals surface area contributed by atoms with Gasteiger partial charge < -0.3 is 15.1 Å². The largest absolute Gasteiger partial charge is 0.441 e. The molecule has 0 saturated carbocycles. The molecule has 0 aliphatic carbocycles. The molecule has 0 bridgehead atoms. The lowest BCUT2D eigenvalue weighted by Crippen LogP contribution is -2.46. The van der Waals surface area contributed by atoms with Gasteiger partial charge in [0, 0.05) is 19.0 Å². The van der Waals surface area contributed by atoms with Gasteiger partial charge in [0.15, 0.2) is 11.5 Å². The fourth-order valence-electron chi connectivity index (χ4n) is 1.95. The van der Waals surface area contributed by atoms with Crippen LogP contribution >= 0.6 is 0 Å². The summed E-state index contributed by atoms with van der Waals surface area (Å²) < 4.78 is 5.43. The predicted molar refractivity (Wildman–Crippen MR) is 78.7 cm³/mol. The summed E-state index contributed by atoms with van der Waals surface area (Å²) in [5.74, 6) is 0.667. The lowest BCUT2D eigenvalue weighted by atomic mass is 10.1. The summed E-state index contributed by atoms with van der Waals surface area (Å²) in [6.07, 6.45) is 0.763. The zero-order valence-electron chi connectivity index (χ0n) is 12.4. The number of hydrogen-bond donors (Lipinski definition) is 2. The van der Waals surface area contributed by atoms with Gasteiger partial charge in [-0.1, -0.05) is 6.07 Å². The second kappa shape index (κ2) is 5.53. The summed E-state index contributed by atoms with van der Waals surface area (Å²) in [6, 6.07) is 5.77. The molecule has 0 radical (unpaired) electrons. The van der Waals surface area contributed by atoms with Crippen LogP contribution in [0.4, 0.5) is 4.79 Å². The molecule has 0 fully saturated rings. The highest BCUT2D eigenvalue weighted by Crippen LogP contribution is 2.16. The fourth-order valence-corrected chi connectivity index (χ4v) is 1.95. The maximum atomic E-state index is 11.6. The SMILES string of the molecule is Cc1nc2cc(CCNC(=O)NC(C)(C)C)ccc2o1. The molecule has 2 amide bonds. The van der Waals surface area contributed by atoms with Crippen LogP contribution in [0.1, 0.15) is 32.2 Å². The third kappa shape index (κ3) is 3.98. The van der Waals surface area contributed by atoms with E-state index in [4.69, 9.17) is 4.42 Å². The predicted octanol–water partition coefficient (Wildman–Crippen LogP) is 2.78. The lowest BCUT2D eigenvalue weighted by molar-refractivity contribution is 0.232. The van der Waals surface area contributed by atoms with Crippen molar-refractivity contribution in [2.75, 3.05) is 6.54 Å². The molecule has 0 atom stereocenters. The van der Waals surface area contributed by atoms with Crippen LogP contribution in [0.3, 0.4) is 0 Å². The number of aromatic nitrogens is 1. The van der Waals surface area contributed by atoms with Crippen molar-refractivity contribution >= 4 is 17.1 Å². The number of fused-ring (bicyclic) bond motifs is 1. The van der Waals surface area contributed by atoms with Crippen molar-refractivity contribution in [2.45, 2.75) is 39.7 Å². The Hall–Kier alpha value is -2.04. The number of hydrogen-bond acceptors (Lipinski definition) is 3. The van der Waals surface area contributed by atoms with Crippen molar-refractivity contribution in [1.82, 2.24) is 15.6 Å². The maximum absolute atomic E-state index is 11.6. The fraction of sp³-hybridized carbons (Fsp3) is 0.467. The standard InChI is InChI=1S/C15H21N3O2/c1-10-17-12-9-11(5-6-13(12)20-10)7-8-16-14(19)18-15(2,3)4/h5-6,9H,7-8H2,1-4H3,(H2,16,18,19). The van der Waals surface area contributed by atoms with E-state index in [-0.39, 0.29) is 11.6 Å². The number of aryl methyl sites for hydroxylation is 1. The molecular weight excluding hydrogens is 254 g/mol. The van der Waals surface area contributed by atoms with Gasteiger partial charge in [0.2, 0.25) is 0 Å². The minimum Gasteiger partial charge on any atom is -0.441 e. The Morgan fingerprint density at radius 3 is 2.80 bits per heavy atom. The highest BCUT2D eigenvalue weighted by molar-refractivity contribution is 5.75. The summed E-state index contributed by atoms with van der Waals surface area (Å²) in [5.41, 5.74) is 2.56. The second-order valence-corrected chi connectivity index (χ2v) is 5.92. The van der Waals surface area contributed by atoms with Crippen LogP contribution in [0.15, 0.2) is 22.6 Å². The van der Waals surface area contributed by atoms with Gasteiger partial charge in [-0.05, 0) is 44.9 Å². The van der Waals surface area contributed by atoms with Crippen molar-refractivity contribution < 1.29 is 9.21 Å². The van der Waals surface area contributed by atoms with Gasteiger partial charge >= 0.3 is 6.03 Å². The average molecular weight is 275 g/mol. The van der Waals surface area contributed by atoms with Crippen molar-refractivity contribution in [3.8, 4) is 0 Å². The minimum atomic E-state index is -0.221. The molecule has 0 unspecified atom stereocenters. The van der Waals surface area contributed by atoms with E-state index in [1.54, 1.807) is 0 Å². The van der Waals surface area contributed by atoms with Gasteiger partial charge in [0.25, 0.3) is 0 Å². The van der Waals surface area contributed by atoms with E-state index in [0.29, 0.717) is 12.4 Å². The Labute approximate surface area is 118 Å². The first-order valence-electron chi connectivity index (χ1n) is 6.75. The van der Waals surface area contributed by atoms with Gasteiger partial charge in [-0.15, -0.1) is 0 Å². The first-order chi connectivity index (χ1) is 9.33. The molecule has 0 spiro atoms. The molecule has 1 aromatic carbocycles. The highest BCUT2D eigenvalue weighted by Gasteiger charge is 2.12. The monoisotopic (exact) mass is 275 g/mol. The first-order valence-corrected chi connectivity index (χ1v) is 6.75. The summed E-state index contributed by atoms with van der Waals surface area (Å²) in [4.78, 5) is 15.9. The Morgan fingerprint density at radius 2 is 2.10 bits per heavy atom. The number of nitrogens with one attached hydrogen (secondary N) is 2. The van der Waals surface area contributed by atoms with Crippen LogP contribution in [0, 0.1) is 6.92 Å². The quantitative estimate of drug-likeness (QED) is 0.905. The van der Waals surface area contributed by atoms with E-state index in [2.05, 4.69) is 15.6 Å². The summed E-state index contributed by atoms with van der Waals surface area (Å²) in [7, 11) is 0. The van der Waals surface area contributed by atoms with Crippen LogP contribution in [0.25, 0.3) is 11.1 Å². The third-order valence-electron chi connectivity index (χ3n) is 2.75. The molecule has 2 N–H and O–H groups in total. The van der Waals surface area contributed by atoms with Crippen LogP contribution in [0.5, 0.6) is 0 Å². The van der Waals surface area contributed by atoms with Crippen molar-refractivity contribution in [3.05, 3.63) is 29.7 Å². The molecule has 5 heteroatoms. The molecular formula is C15H21N3O2. The number of carbonyl (C=O) groups is 1. The number of amides is 2. The molecule has 0 aliphatic heterocycles. The Morgan fingerprint density at radius 1 is 1.35 bits per heavy atom. The van der Waals surface area contributed by atoms with Crippen molar-refractivity contribution in [3.63, 3.8) is 0 Å². The molecule has 1 heterocycles. The zero-order valence-corrected chi connectivity index (χ0v) is 12.4. The molecule has 0 aliphatic rings. The average Bonchev–Trinajstić information content (AvgIpc) is 2.66. The van der Waals surface area contributed by atoms with Crippen LogP contribution < -0.4 is 10.6 Å². The molecule has 0 saturated heterocycles. The van der Waals surface area contributed by atoms with Crippen LogP contribution in [0.2, 0.25) is 0 Å². The highest BCUT2D eigenvalue weighted by atomic mass is 16.3. The van der Waals surface area contributed by atoms with Crippen LogP contribution in [-0.4, -0.2) is 23.1 Å². The van der Waals surface area contributed by atoms with Gasteiger partial charge in [0.1, 0.15) is 5.52 Å². The Bertz CT molecular complexity index is 611. The number of rotatable bonds is 3. The van der Waals surface area contributed by atoms with Crippen molar-refractivity contribution in [1.29, 1.82) is 0 Å². The molecule has 2 aromatic rings. The number of nitrogens with zero attached hydrogens (tertiary/aromatic N) is 1. The third-order valence-corrected chi connectivity index (χ3v) is 2.75. The maximum Gasteiger partial charge on any atom is 0.315 e. The first kappa shape index (κ1) is 14.4. The van der Waals surface area contributed by atoms with E-state index in [1.165, 1.54) is 0 Å². The smallest absolute Gasteiger partial charge is 0.315 e. The topological polar surface area (TPSA) is 67.2 Å². The minimum absolute atomic E-state index is 0.143. The molecule has 2 rings (SSSR count). The summed E-state index contributed by atoms with van der Waals surface area (Å²) >= 11 is 0. The lowest BCUT2D eigenvalue weighted by Gasteiger charge is -2.20. The normalized spacial score (nSPS) is 11.6. The summed E-state index contributed by atoms with van der Waals surface area (Å²) in [5, 5.41) is 5.71. The Balaban J connectivity index is 1.88. The van der Waals surface area contributed by atoms with Crippen molar-refractivity contribution in [2.24, 2.45) is 0 Å². The van der Waals surface area contributed by atoms with E-state index in [1.807, 2.05) is 45.9 Å². The number of oxazole rings is 1. The van der Waals surface area contributed by atoms with E-state index < -0.39 is 0 Å². The second-order valence-electron chi connectivity index (χ2n) is 5.92. The van der Waals surface area contributed by atoms with Gasteiger partial charge in [-0.3, -0.25) is 0 Å². The Kier molecular flexibility index (Phi) is 3.97. The van der Waals surface area contributed by atoms with E-state index in [0.717, 1.165) is 23.1 Å². The van der Waals surface area contributed by atoms with Gasteiger partial charge in [0.05, 0.1) is 0 Å². The molecule has 1 aromatic heterocycles. The number of benzene rings is 1. The van der Waals surface area contributed by atoms with Crippen LogP contribution in [-0.2, 0) is 6.42 Å². The molecule has 5 nitrogen and oxygen atoms in total. The van der Waals surface area contributed by atoms with Gasteiger partial charge in [-0.25, -0.2) is 9.78 Å². The molecule has 108 valence electrons. The van der Waals surface area contributed by atoms with E-state index >= 15 is 0 Å². The van der Waals surface area contributed by atoms with E-state index in [9.17, 15) is 4.79 Å². The summed E-state index contributed by atoms with van der Waals surface area (Å²) in [6.45, 7) is 8.27. The number of carbonyl (C=O) groups excluding carboxylic acids is 1. The van der Waals surface area contributed by atoms with Gasteiger partial charge in [-0.2, -0.15) is 0 Å².